The average Bonchev–Trinajstić information content (AvgIpc) is 2.99. The molecule has 2 aromatic rings. The number of hydrogen-bond acceptors (Lipinski definition) is 5. The molecule has 0 unspecified atom stereocenters. The molecule has 0 bridgehead atoms. The molecule has 0 aliphatic heterocycles. The quantitative estimate of drug-likeness (QED) is 0.805. The third-order valence-corrected chi connectivity index (χ3v) is 4.70. The zero-order valence-electron chi connectivity index (χ0n) is 14.8. The summed E-state index contributed by atoms with van der Waals surface area (Å²) in [4.78, 5) is 23.5. The van der Waals surface area contributed by atoms with Crippen LogP contribution in [0.15, 0.2) is 48.5 Å². The van der Waals surface area contributed by atoms with E-state index >= 15 is 0 Å². The number of rotatable bonds is 5. The van der Waals surface area contributed by atoms with E-state index in [0.717, 1.165) is 22.3 Å². The first-order valence-electron chi connectivity index (χ1n) is 8.48. The average molecular weight is 354 g/mol. The summed E-state index contributed by atoms with van der Waals surface area (Å²) in [6, 6.07) is 14.7. The van der Waals surface area contributed by atoms with Gasteiger partial charge in [0, 0.05) is 5.92 Å². The Labute approximate surface area is 152 Å². The fourth-order valence-corrected chi connectivity index (χ4v) is 3.26. The fraction of sp³-hybridized carbons (Fsp3) is 0.300. The molecule has 0 heterocycles. The highest BCUT2D eigenvalue weighted by molar-refractivity contribution is 5.79. The maximum Gasteiger partial charge on any atom is 0.407 e. The lowest BCUT2D eigenvalue weighted by Crippen LogP contribution is -2.50. The van der Waals surface area contributed by atoms with E-state index in [9.17, 15) is 9.59 Å². The van der Waals surface area contributed by atoms with Crippen LogP contribution in [0, 0.1) is 0 Å². The van der Waals surface area contributed by atoms with Gasteiger partial charge in [-0.3, -0.25) is 4.79 Å². The topological polar surface area (TPSA) is 90.6 Å². The molecule has 3 N–H and O–H groups in total. The van der Waals surface area contributed by atoms with E-state index in [2.05, 4.69) is 34.3 Å². The van der Waals surface area contributed by atoms with Gasteiger partial charge in [0.1, 0.15) is 12.6 Å². The molecular formula is C20H22N2O4. The molecule has 2 atom stereocenters. The minimum atomic E-state index is -0.944. The van der Waals surface area contributed by atoms with Gasteiger partial charge < -0.3 is 20.5 Å². The molecule has 0 saturated heterocycles. The zero-order valence-corrected chi connectivity index (χ0v) is 14.8. The van der Waals surface area contributed by atoms with E-state index in [1.54, 1.807) is 6.92 Å². The van der Waals surface area contributed by atoms with Crippen LogP contribution < -0.4 is 11.1 Å². The summed E-state index contributed by atoms with van der Waals surface area (Å²) in [5.41, 5.74) is 10.3. The number of methoxy groups -OCH3 is 1. The third-order valence-electron chi connectivity index (χ3n) is 4.70. The minimum Gasteiger partial charge on any atom is -0.468 e. The van der Waals surface area contributed by atoms with Crippen LogP contribution in [0.3, 0.4) is 0 Å². The van der Waals surface area contributed by atoms with Crippen molar-refractivity contribution < 1.29 is 19.1 Å². The van der Waals surface area contributed by atoms with Gasteiger partial charge in [-0.05, 0) is 29.2 Å². The zero-order chi connectivity index (χ0) is 18.7. The van der Waals surface area contributed by atoms with E-state index in [1.165, 1.54) is 7.11 Å². The smallest absolute Gasteiger partial charge is 0.407 e. The van der Waals surface area contributed by atoms with Crippen molar-refractivity contribution in [3.05, 3.63) is 59.7 Å². The number of ether oxygens (including phenoxy) is 2. The normalized spacial score (nSPS) is 14.7. The van der Waals surface area contributed by atoms with E-state index < -0.39 is 24.1 Å². The summed E-state index contributed by atoms with van der Waals surface area (Å²) in [7, 11) is 1.25. The highest BCUT2D eigenvalue weighted by atomic mass is 16.5. The summed E-state index contributed by atoms with van der Waals surface area (Å²) in [5.74, 6) is -0.603. The molecule has 3 rings (SSSR count). The van der Waals surface area contributed by atoms with Crippen LogP contribution in [0.5, 0.6) is 0 Å². The SMILES string of the molecule is COC(=O)[C@@H](N)[C@H](C)NC(=O)OCC1c2ccccc2-c2ccccc21. The van der Waals surface area contributed by atoms with Crippen molar-refractivity contribution in [2.24, 2.45) is 5.73 Å². The van der Waals surface area contributed by atoms with Crippen LogP contribution in [0.1, 0.15) is 24.0 Å². The molecule has 0 radical (unpaired) electrons. The Hall–Kier alpha value is -2.86. The molecule has 0 spiro atoms. The van der Waals surface area contributed by atoms with Gasteiger partial charge in [0.25, 0.3) is 0 Å². The van der Waals surface area contributed by atoms with E-state index in [4.69, 9.17) is 10.5 Å². The number of carbonyl (C=O) groups is 2. The molecule has 0 fully saturated rings. The van der Waals surface area contributed by atoms with Crippen LogP contribution in [0.2, 0.25) is 0 Å². The molecule has 6 heteroatoms. The Balaban J connectivity index is 1.67. The van der Waals surface area contributed by atoms with Crippen LogP contribution in [0.25, 0.3) is 11.1 Å². The third kappa shape index (κ3) is 3.41. The maximum absolute atomic E-state index is 12.1. The highest BCUT2D eigenvalue weighted by Gasteiger charge is 2.29. The number of amides is 1. The summed E-state index contributed by atoms with van der Waals surface area (Å²) in [6.07, 6.45) is -0.612. The molecule has 136 valence electrons. The Kier molecular flexibility index (Phi) is 5.23. The molecule has 1 aliphatic carbocycles. The van der Waals surface area contributed by atoms with Gasteiger partial charge in [0.05, 0.1) is 13.2 Å². The van der Waals surface area contributed by atoms with E-state index in [1.807, 2.05) is 24.3 Å². The molecular weight excluding hydrogens is 332 g/mol. The first-order valence-corrected chi connectivity index (χ1v) is 8.48. The Bertz CT molecular complexity index is 775. The van der Waals surface area contributed by atoms with Crippen molar-refractivity contribution >= 4 is 12.1 Å². The van der Waals surface area contributed by atoms with Crippen LogP contribution in [-0.2, 0) is 14.3 Å². The van der Waals surface area contributed by atoms with Gasteiger partial charge in [-0.25, -0.2) is 4.79 Å². The van der Waals surface area contributed by atoms with Crippen molar-refractivity contribution in [2.75, 3.05) is 13.7 Å². The van der Waals surface area contributed by atoms with Crippen molar-refractivity contribution in [3.8, 4) is 11.1 Å². The second kappa shape index (κ2) is 7.58. The van der Waals surface area contributed by atoms with Gasteiger partial charge in [-0.15, -0.1) is 0 Å². The lowest BCUT2D eigenvalue weighted by molar-refractivity contribution is -0.142. The number of nitrogens with one attached hydrogen (secondary N) is 1. The number of esters is 1. The van der Waals surface area contributed by atoms with Gasteiger partial charge >= 0.3 is 12.1 Å². The molecule has 0 aromatic heterocycles. The lowest BCUT2D eigenvalue weighted by Gasteiger charge is -2.20. The van der Waals surface area contributed by atoms with Crippen molar-refractivity contribution in [1.82, 2.24) is 5.32 Å². The second-order valence-corrected chi connectivity index (χ2v) is 6.31. The van der Waals surface area contributed by atoms with Crippen molar-refractivity contribution in [2.45, 2.75) is 24.9 Å². The van der Waals surface area contributed by atoms with Gasteiger partial charge in [-0.2, -0.15) is 0 Å². The predicted molar refractivity (Wildman–Crippen MR) is 97.7 cm³/mol. The van der Waals surface area contributed by atoms with Gasteiger partial charge in [0.15, 0.2) is 0 Å². The monoisotopic (exact) mass is 354 g/mol. The number of nitrogens with two attached hydrogens (primary N) is 1. The molecule has 26 heavy (non-hydrogen) atoms. The highest BCUT2D eigenvalue weighted by Crippen LogP contribution is 2.44. The first kappa shape index (κ1) is 17.9. The molecule has 6 nitrogen and oxygen atoms in total. The largest absolute Gasteiger partial charge is 0.468 e. The Morgan fingerprint density at radius 2 is 1.62 bits per heavy atom. The van der Waals surface area contributed by atoms with Crippen LogP contribution >= 0.6 is 0 Å². The van der Waals surface area contributed by atoms with E-state index in [-0.39, 0.29) is 12.5 Å². The standard InChI is InChI=1S/C20H22N2O4/c1-12(18(21)19(23)25-2)22-20(24)26-11-17-15-9-5-3-7-13(15)14-8-4-6-10-16(14)17/h3-10,12,17-18H,11,21H2,1-2H3,(H,22,24)/t12-,18-/m0/s1. The van der Waals surface area contributed by atoms with Gasteiger partial charge in [-0.1, -0.05) is 48.5 Å². The fourth-order valence-electron chi connectivity index (χ4n) is 3.26. The summed E-state index contributed by atoms with van der Waals surface area (Å²) < 4.78 is 9.99. The molecule has 1 amide bonds. The Morgan fingerprint density at radius 1 is 1.08 bits per heavy atom. The number of fused-ring (bicyclic) bond motifs is 3. The van der Waals surface area contributed by atoms with E-state index in [0.29, 0.717) is 0 Å². The van der Waals surface area contributed by atoms with Crippen LogP contribution in [0.4, 0.5) is 4.79 Å². The molecule has 1 aliphatic rings. The number of carbonyl (C=O) groups excluding carboxylic acids is 2. The van der Waals surface area contributed by atoms with Crippen molar-refractivity contribution in [3.63, 3.8) is 0 Å². The predicted octanol–water partition coefficient (Wildman–Crippen LogP) is 2.41. The van der Waals surface area contributed by atoms with Crippen LogP contribution in [-0.4, -0.2) is 37.9 Å². The number of alkyl carbamates (subject to hydrolysis) is 1. The minimum absolute atomic E-state index is 0.0160. The first-order chi connectivity index (χ1) is 12.5. The summed E-state index contributed by atoms with van der Waals surface area (Å²) >= 11 is 0. The summed E-state index contributed by atoms with van der Waals surface area (Å²) in [6.45, 7) is 1.84. The molecule has 0 saturated carbocycles. The second-order valence-electron chi connectivity index (χ2n) is 6.31. The summed E-state index contributed by atoms with van der Waals surface area (Å²) in [5, 5.41) is 2.58. The van der Waals surface area contributed by atoms with Gasteiger partial charge in [0.2, 0.25) is 0 Å². The lowest BCUT2D eigenvalue weighted by atomic mass is 9.98. The number of benzene rings is 2. The number of hydrogen-bond donors (Lipinski definition) is 2. The van der Waals surface area contributed by atoms with Crippen molar-refractivity contribution in [1.29, 1.82) is 0 Å². The Morgan fingerprint density at radius 3 is 2.15 bits per heavy atom. The maximum atomic E-state index is 12.1. The molecule has 2 aromatic carbocycles.